The lowest BCUT2D eigenvalue weighted by atomic mass is 10.2. The van der Waals surface area contributed by atoms with Crippen LogP contribution >= 0.6 is 0 Å². The summed E-state index contributed by atoms with van der Waals surface area (Å²) in [4.78, 5) is 19.9. The number of ketones is 1. The fraction of sp³-hybridized carbons (Fsp3) is 0.214. The molecular weight excluding hydrogens is 244 g/mol. The second kappa shape index (κ2) is 6.49. The molecule has 0 amide bonds. The van der Waals surface area contributed by atoms with Crippen LogP contribution in [-0.4, -0.2) is 29.5 Å². The highest BCUT2D eigenvalue weighted by Crippen LogP contribution is 2.14. The molecule has 0 aliphatic rings. The first-order chi connectivity index (χ1) is 9.31. The second-order valence-electron chi connectivity index (χ2n) is 3.75. The van der Waals surface area contributed by atoms with Crippen LogP contribution in [0.25, 0.3) is 0 Å². The summed E-state index contributed by atoms with van der Waals surface area (Å²) in [5.74, 6) is 0.828. The van der Waals surface area contributed by atoms with Gasteiger partial charge in [0, 0.05) is 18.8 Å². The molecule has 0 bridgehead atoms. The monoisotopic (exact) mass is 258 g/mol. The van der Waals surface area contributed by atoms with Crippen molar-refractivity contribution in [2.75, 3.05) is 13.7 Å². The van der Waals surface area contributed by atoms with E-state index in [9.17, 15) is 4.79 Å². The largest absolute Gasteiger partial charge is 0.493 e. The lowest BCUT2D eigenvalue weighted by molar-refractivity contribution is 0.0953. The Morgan fingerprint density at radius 1 is 1.16 bits per heavy atom. The molecule has 0 atom stereocenters. The minimum Gasteiger partial charge on any atom is -0.493 e. The quantitative estimate of drug-likeness (QED) is 0.743. The number of nitrogens with zero attached hydrogens (tertiary/aromatic N) is 2. The lowest BCUT2D eigenvalue weighted by Gasteiger charge is -2.06. The first-order valence-corrected chi connectivity index (χ1v) is 5.87. The third kappa shape index (κ3) is 3.51. The highest BCUT2D eigenvalue weighted by molar-refractivity contribution is 5.96. The molecule has 0 aliphatic heterocycles. The molecule has 19 heavy (non-hydrogen) atoms. The summed E-state index contributed by atoms with van der Waals surface area (Å²) in [5, 5.41) is 0. The summed E-state index contributed by atoms with van der Waals surface area (Å²) < 4.78 is 10.5. The summed E-state index contributed by atoms with van der Waals surface area (Å²) in [6, 6.07) is 9.34. The van der Waals surface area contributed by atoms with Gasteiger partial charge in [-0.3, -0.25) is 4.79 Å². The molecule has 2 aromatic rings. The van der Waals surface area contributed by atoms with Crippen LogP contribution < -0.4 is 9.47 Å². The maximum atomic E-state index is 12.0. The van der Waals surface area contributed by atoms with E-state index in [0.717, 1.165) is 5.75 Å². The van der Waals surface area contributed by atoms with E-state index in [4.69, 9.17) is 9.47 Å². The second-order valence-corrected chi connectivity index (χ2v) is 3.75. The molecule has 5 heteroatoms. The van der Waals surface area contributed by atoms with Crippen LogP contribution in [0.15, 0.2) is 42.7 Å². The number of ether oxygens (including phenoxy) is 2. The number of hydrogen-bond acceptors (Lipinski definition) is 5. The van der Waals surface area contributed by atoms with Gasteiger partial charge in [0.25, 0.3) is 0 Å². The maximum Gasteiger partial charge on any atom is 0.243 e. The molecule has 2 rings (SSSR count). The Morgan fingerprint density at radius 3 is 2.63 bits per heavy atom. The first-order valence-electron chi connectivity index (χ1n) is 5.87. The maximum absolute atomic E-state index is 12.0. The fourth-order valence-corrected chi connectivity index (χ4v) is 1.56. The highest BCUT2D eigenvalue weighted by atomic mass is 16.5. The van der Waals surface area contributed by atoms with E-state index in [1.807, 2.05) is 30.3 Å². The van der Waals surface area contributed by atoms with Crippen molar-refractivity contribution in [1.29, 1.82) is 0 Å². The van der Waals surface area contributed by atoms with E-state index in [0.29, 0.717) is 6.61 Å². The number of methoxy groups -OCH3 is 1. The zero-order valence-corrected chi connectivity index (χ0v) is 10.6. The molecule has 1 heterocycles. The van der Waals surface area contributed by atoms with Gasteiger partial charge in [0.15, 0.2) is 11.5 Å². The minimum absolute atomic E-state index is 0.152. The Labute approximate surface area is 111 Å². The first kappa shape index (κ1) is 13.0. The molecule has 5 nitrogen and oxygen atoms in total. The Kier molecular flexibility index (Phi) is 4.44. The molecule has 98 valence electrons. The average molecular weight is 258 g/mol. The third-order valence-corrected chi connectivity index (χ3v) is 2.46. The van der Waals surface area contributed by atoms with Crippen molar-refractivity contribution in [3.63, 3.8) is 0 Å². The van der Waals surface area contributed by atoms with E-state index in [1.54, 1.807) is 0 Å². The van der Waals surface area contributed by atoms with Gasteiger partial charge in [-0.1, -0.05) is 18.2 Å². The van der Waals surface area contributed by atoms with E-state index in [2.05, 4.69) is 9.97 Å². The van der Waals surface area contributed by atoms with Crippen molar-refractivity contribution in [3.05, 3.63) is 48.4 Å². The standard InChI is InChI=1S/C14H14N2O3/c1-18-14-13(15-8-9-16-14)12(17)7-10-19-11-5-3-2-4-6-11/h2-6,8-9H,7,10H2,1H3. The van der Waals surface area contributed by atoms with Crippen LogP contribution in [0.1, 0.15) is 16.9 Å². The summed E-state index contributed by atoms with van der Waals surface area (Å²) >= 11 is 0. The summed E-state index contributed by atoms with van der Waals surface area (Å²) in [6.45, 7) is 0.294. The van der Waals surface area contributed by atoms with E-state index < -0.39 is 0 Å². The number of benzene rings is 1. The van der Waals surface area contributed by atoms with Crippen LogP contribution in [0, 0.1) is 0 Å². The van der Waals surface area contributed by atoms with Crippen molar-refractivity contribution in [1.82, 2.24) is 9.97 Å². The average Bonchev–Trinajstić information content (AvgIpc) is 2.48. The summed E-state index contributed by atoms with van der Waals surface area (Å²) in [5.41, 5.74) is 0.238. The molecule has 0 unspecified atom stereocenters. The van der Waals surface area contributed by atoms with Crippen molar-refractivity contribution >= 4 is 5.78 Å². The van der Waals surface area contributed by atoms with E-state index in [-0.39, 0.29) is 23.8 Å². The molecular formula is C14H14N2O3. The predicted molar refractivity (Wildman–Crippen MR) is 69.5 cm³/mol. The van der Waals surface area contributed by atoms with Crippen molar-refractivity contribution in [2.24, 2.45) is 0 Å². The molecule has 0 spiro atoms. The smallest absolute Gasteiger partial charge is 0.243 e. The Morgan fingerprint density at radius 2 is 1.89 bits per heavy atom. The molecule has 1 aromatic carbocycles. The fourth-order valence-electron chi connectivity index (χ4n) is 1.56. The number of rotatable bonds is 6. The number of carbonyl (C=O) groups is 1. The van der Waals surface area contributed by atoms with E-state index in [1.165, 1.54) is 19.5 Å². The molecule has 0 N–H and O–H groups in total. The van der Waals surface area contributed by atoms with Crippen molar-refractivity contribution in [2.45, 2.75) is 6.42 Å². The Balaban J connectivity index is 1.91. The Hall–Kier alpha value is -2.43. The molecule has 0 saturated carbocycles. The van der Waals surface area contributed by atoms with Gasteiger partial charge in [-0.15, -0.1) is 0 Å². The zero-order chi connectivity index (χ0) is 13.5. The van der Waals surface area contributed by atoms with Gasteiger partial charge >= 0.3 is 0 Å². The number of para-hydroxylation sites is 1. The van der Waals surface area contributed by atoms with Crippen molar-refractivity contribution < 1.29 is 14.3 Å². The third-order valence-electron chi connectivity index (χ3n) is 2.46. The molecule has 0 radical (unpaired) electrons. The van der Waals surface area contributed by atoms with Crippen LogP contribution in [0.4, 0.5) is 0 Å². The van der Waals surface area contributed by atoms with Crippen molar-refractivity contribution in [3.8, 4) is 11.6 Å². The summed E-state index contributed by atoms with van der Waals surface area (Å²) in [6.07, 6.45) is 3.17. The van der Waals surface area contributed by atoms with Crippen LogP contribution in [0.2, 0.25) is 0 Å². The van der Waals surface area contributed by atoms with Crippen LogP contribution in [0.3, 0.4) is 0 Å². The van der Waals surface area contributed by atoms with Gasteiger partial charge in [-0.2, -0.15) is 0 Å². The van der Waals surface area contributed by atoms with Gasteiger partial charge in [0.05, 0.1) is 13.7 Å². The summed E-state index contributed by atoms with van der Waals surface area (Å²) in [7, 11) is 1.46. The predicted octanol–water partition coefficient (Wildman–Crippen LogP) is 2.14. The molecule has 0 saturated heterocycles. The van der Waals surface area contributed by atoms with Gasteiger partial charge in [0.1, 0.15) is 5.75 Å². The topological polar surface area (TPSA) is 61.3 Å². The van der Waals surface area contributed by atoms with Gasteiger partial charge in [-0.05, 0) is 12.1 Å². The minimum atomic E-state index is -0.152. The SMILES string of the molecule is COc1nccnc1C(=O)CCOc1ccccc1. The van der Waals surface area contributed by atoms with Crippen LogP contribution in [-0.2, 0) is 0 Å². The highest BCUT2D eigenvalue weighted by Gasteiger charge is 2.14. The Bertz CT molecular complexity index is 543. The molecule has 0 fully saturated rings. The molecule has 0 aliphatic carbocycles. The number of hydrogen-bond donors (Lipinski definition) is 0. The van der Waals surface area contributed by atoms with E-state index >= 15 is 0 Å². The van der Waals surface area contributed by atoms with Crippen LogP contribution in [0.5, 0.6) is 11.6 Å². The van der Waals surface area contributed by atoms with Gasteiger partial charge in [-0.25, -0.2) is 9.97 Å². The number of Topliss-reactive ketones (excluding diaryl/α,β-unsaturated/α-hetero) is 1. The lowest BCUT2D eigenvalue weighted by Crippen LogP contribution is -2.10. The van der Waals surface area contributed by atoms with Gasteiger partial charge < -0.3 is 9.47 Å². The number of carbonyl (C=O) groups excluding carboxylic acids is 1. The van der Waals surface area contributed by atoms with Gasteiger partial charge in [0.2, 0.25) is 5.88 Å². The molecule has 1 aromatic heterocycles. The number of aromatic nitrogens is 2. The zero-order valence-electron chi connectivity index (χ0n) is 10.6. The normalized spacial score (nSPS) is 9.95.